The van der Waals surface area contributed by atoms with Crippen molar-refractivity contribution in [3.63, 3.8) is 0 Å². The monoisotopic (exact) mass is 259 g/mol. The van der Waals surface area contributed by atoms with Gasteiger partial charge in [-0.3, -0.25) is 4.79 Å². The van der Waals surface area contributed by atoms with Gasteiger partial charge in [0.15, 0.2) is 0 Å². The van der Waals surface area contributed by atoms with Gasteiger partial charge in [0.25, 0.3) is 5.91 Å². The second kappa shape index (κ2) is 6.04. The highest BCUT2D eigenvalue weighted by atomic mass is 16.5. The molecule has 0 aliphatic carbocycles. The van der Waals surface area contributed by atoms with E-state index in [4.69, 9.17) is 4.74 Å². The van der Waals surface area contributed by atoms with Gasteiger partial charge in [-0.05, 0) is 18.2 Å². The predicted molar refractivity (Wildman–Crippen MR) is 72.2 cm³/mol. The fourth-order valence-corrected chi connectivity index (χ4v) is 1.80. The third-order valence-corrected chi connectivity index (χ3v) is 2.83. The molecule has 5 heteroatoms. The highest BCUT2D eigenvalue weighted by molar-refractivity contribution is 5.92. The molecule has 2 rings (SSSR count). The molecule has 1 N–H and O–H groups in total. The van der Waals surface area contributed by atoms with E-state index in [-0.39, 0.29) is 5.91 Å². The van der Waals surface area contributed by atoms with Crippen molar-refractivity contribution in [2.24, 2.45) is 7.05 Å². The molecule has 0 saturated heterocycles. The smallest absolute Gasteiger partial charge is 0.267 e. The highest BCUT2D eigenvalue weighted by Crippen LogP contribution is 2.06. The number of hydrogen-bond acceptors (Lipinski definition) is 3. The maximum atomic E-state index is 11.9. The zero-order chi connectivity index (χ0) is 13.7. The van der Waals surface area contributed by atoms with E-state index in [1.165, 1.54) is 0 Å². The van der Waals surface area contributed by atoms with E-state index in [0.717, 1.165) is 5.69 Å². The van der Waals surface area contributed by atoms with Gasteiger partial charge in [-0.1, -0.05) is 6.07 Å². The number of ether oxygens (including phenoxy) is 1. The molecule has 0 aliphatic rings. The lowest BCUT2D eigenvalue weighted by Gasteiger charge is -2.06. The van der Waals surface area contributed by atoms with E-state index in [0.29, 0.717) is 24.5 Å². The van der Waals surface area contributed by atoms with E-state index in [1.807, 2.05) is 31.4 Å². The molecule has 0 atom stereocenters. The number of amides is 1. The summed E-state index contributed by atoms with van der Waals surface area (Å²) in [7, 11) is 3.43. The second-order valence-electron chi connectivity index (χ2n) is 4.18. The lowest BCUT2D eigenvalue weighted by Crippen LogP contribution is -2.27. The summed E-state index contributed by atoms with van der Waals surface area (Å²) >= 11 is 0. The standard InChI is InChI=1S/C14H17N3O2/c1-17-10-4-6-12(17)14(18)15-9-8-11-5-3-7-13(16-11)19-2/h3-7,10H,8-9H2,1-2H3,(H,15,18). The molecule has 0 aliphatic heterocycles. The minimum Gasteiger partial charge on any atom is -0.481 e. The summed E-state index contributed by atoms with van der Waals surface area (Å²) in [5, 5.41) is 2.87. The quantitative estimate of drug-likeness (QED) is 0.883. The molecule has 0 aromatic carbocycles. The van der Waals surface area contributed by atoms with Crippen molar-refractivity contribution in [1.82, 2.24) is 14.9 Å². The minimum atomic E-state index is -0.0737. The fraction of sp³-hybridized carbons (Fsp3) is 0.286. The highest BCUT2D eigenvalue weighted by Gasteiger charge is 2.07. The van der Waals surface area contributed by atoms with Crippen molar-refractivity contribution in [3.8, 4) is 5.88 Å². The van der Waals surface area contributed by atoms with E-state index in [9.17, 15) is 4.79 Å². The molecule has 0 fully saturated rings. The van der Waals surface area contributed by atoms with Crippen LogP contribution >= 0.6 is 0 Å². The molecule has 19 heavy (non-hydrogen) atoms. The molecule has 1 amide bonds. The number of aromatic nitrogens is 2. The van der Waals surface area contributed by atoms with Crippen LogP contribution < -0.4 is 10.1 Å². The van der Waals surface area contributed by atoms with Crippen molar-refractivity contribution >= 4 is 5.91 Å². The summed E-state index contributed by atoms with van der Waals surface area (Å²) in [6.07, 6.45) is 2.52. The Bertz CT molecular complexity index is 563. The van der Waals surface area contributed by atoms with Crippen LogP contribution in [0, 0.1) is 0 Å². The third kappa shape index (κ3) is 3.34. The summed E-state index contributed by atoms with van der Waals surface area (Å²) in [5.41, 5.74) is 1.55. The fourth-order valence-electron chi connectivity index (χ4n) is 1.80. The Morgan fingerprint density at radius 3 is 2.89 bits per heavy atom. The van der Waals surface area contributed by atoms with E-state index < -0.39 is 0 Å². The molecular formula is C14H17N3O2. The van der Waals surface area contributed by atoms with Crippen LogP contribution in [0.3, 0.4) is 0 Å². The number of nitrogens with one attached hydrogen (secondary N) is 1. The molecule has 0 spiro atoms. The van der Waals surface area contributed by atoms with Gasteiger partial charge in [0.1, 0.15) is 5.69 Å². The maximum absolute atomic E-state index is 11.9. The van der Waals surface area contributed by atoms with Crippen LogP contribution in [0.5, 0.6) is 5.88 Å². The number of hydrogen-bond donors (Lipinski definition) is 1. The van der Waals surface area contributed by atoms with Gasteiger partial charge in [0, 0.05) is 38.0 Å². The van der Waals surface area contributed by atoms with Crippen LogP contribution in [0.2, 0.25) is 0 Å². The van der Waals surface area contributed by atoms with Crippen molar-refractivity contribution in [2.45, 2.75) is 6.42 Å². The Balaban J connectivity index is 1.86. The second-order valence-corrected chi connectivity index (χ2v) is 4.18. The van der Waals surface area contributed by atoms with Crippen LogP contribution in [-0.4, -0.2) is 29.1 Å². The number of nitrogens with zero attached hydrogens (tertiary/aromatic N) is 2. The van der Waals surface area contributed by atoms with Crippen molar-refractivity contribution in [2.75, 3.05) is 13.7 Å². The Kier molecular flexibility index (Phi) is 4.18. The van der Waals surface area contributed by atoms with Crippen LogP contribution in [-0.2, 0) is 13.5 Å². The van der Waals surface area contributed by atoms with Crippen LogP contribution in [0.25, 0.3) is 0 Å². The van der Waals surface area contributed by atoms with Crippen LogP contribution in [0.4, 0.5) is 0 Å². The largest absolute Gasteiger partial charge is 0.481 e. The van der Waals surface area contributed by atoms with Gasteiger partial charge >= 0.3 is 0 Å². The Morgan fingerprint density at radius 2 is 2.21 bits per heavy atom. The first-order valence-electron chi connectivity index (χ1n) is 6.10. The molecule has 100 valence electrons. The molecule has 5 nitrogen and oxygen atoms in total. The molecular weight excluding hydrogens is 242 g/mol. The lowest BCUT2D eigenvalue weighted by molar-refractivity contribution is 0.0946. The number of carbonyl (C=O) groups excluding carboxylic acids is 1. The number of rotatable bonds is 5. The van der Waals surface area contributed by atoms with Gasteiger partial charge in [0.05, 0.1) is 7.11 Å². The summed E-state index contributed by atoms with van der Waals surface area (Å²) in [6, 6.07) is 9.24. The molecule has 0 bridgehead atoms. The van der Waals surface area contributed by atoms with E-state index in [1.54, 1.807) is 23.8 Å². The van der Waals surface area contributed by atoms with Gasteiger partial charge in [-0.25, -0.2) is 4.98 Å². The topological polar surface area (TPSA) is 56.1 Å². The molecule has 2 heterocycles. The summed E-state index contributed by atoms with van der Waals surface area (Å²) in [4.78, 5) is 16.2. The third-order valence-electron chi connectivity index (χ3n) is 2.83. The molecule has 0 radical (unpaired) electrons. The summed E-state index contributed by atoms with van der Waals surface area (Å²) in [5.74, 6) is 0.515. The number of pyridine rings is 1. The Morgan fingerprint density at radius 1 is 1.37 bits per heavy atom. The number of methoxy groups -OCH3 is 1. The normalized spacial score (nSPS) is 10.2. The van der Waals surface area contributed by atoms with Gasteiger partial charge in [-0.15, -0.1) is 0 Å². The Hall–Kier alpha value is -2.30. The SMILES string of the molecule is COc1cccc(CCNC(=O)c2cccn2C)n1. The molecule has 0 unspecified atom stereocenters. The molecule has 2 aromatic rings. The van der Waals surface area contributed by atoms with Crippen LogP contribution in [0.1, 0.15) is 16.2 Å². The van der Waals surface area contributed by atoms with E-state index >= 15 is 0 Å². The van der Waals surface area contributed by atoms with Gasteiger partial charge in [0.2, 0.25) is 5.88 Å². The first-order valence-corrected chi connectivity index (χ1v) is 6.10. The van der Waals surface area contributed by atoms with Gasteiger partial charge in [-0.2, -0.15) is 0 Å². The molecule has 0 saturated carbocycles. The van der Waals surface area contributed by atoms with Crippen molar-refractivity contribution < 1.29 is 9.53 Å². The predicted octanol–water partition coefficient (Wildman–Crippen LogP) is 1.40. The van der Waals surface area contributed by atoms with Crippen LogP contribution in [0.15, 0.2) is 36.5 Å². The van der Waals surface area contributed by atoms with Gasteiger partial charge < -0.3 is 14.6 Å². The Labute approximate surface area is 112 Å². The number of aryl methyl sites for hydroxylation is 1. The maximum Gasteiger partial charge on any atom is 0.267 e. The lowest BCUT2D eigenvalue weighted by atomic mass is 10.2. The average molecular weight is 259 g/mol. The first kappa shape index (κ1) is 13.1. The van der Waals surface area contributed by atoms with Crippen molar-refractivity contribution in [3.05, 3.63) is 47.9 Å². The summed E-state index contributed by atoms with van der Waals surface area (Å²) < 4.78 is 6.85. The minimum absolute atomic E-state index is 0.0737. The molecule has 2 aromatic heterocycles. The zero-order valence-electron chi connectivity index (χ0n) is 11.1. The van der Waals surface area contributed by atoms with Crippen molar-refractivity contribution in [1.29, 1.82) is 0 Å². The number of carbonyl (C=O) groups is 1. The zero-order valence-corrected chi connectivity index (χ0v) is 11.1. The van der Waals surface area contributed by atoms with E-state index in [2.05, 4.69) is 10.3 Å². The average Bonchev–Trinajstić information content (AvgIpc) is 2.85. The summed E-state index contributed by atoms with van der Waals surface area (Å²) in [6.45, 7) is 0.546. The first-order chi connectivity index (χ1) is 9.20.